The smallest absolute Gasteiger partial charge is 0.0780 e. The van der Waals surface area contributed by atoms with Gasteiger partial charge in [-0.15, -0.1) is 0 Å². The zero-order valence-electron chi connectivity index (χ0n) is 22.4. The lowest BCUT2D eigenvalue weighted by molar-refractivity contribution is 1.10. The molecule has 0 saturated heterocycles. The molecule has 0 unspecified atom stereocenters. The molecule has 8 aromatic rings. The Hall–Kier alpha value is -5.47. The molecule has 0 aliphatic heterocycles. The summed E-state index contributed by atoms with van der Waals surface area (Å²) in [7, 11) is 0. The lowest BCUT2D eigenvalue weighted by atomic mass is 9.94. The molecule has 2 aromatic heterocycles. The third-order valence-electron chi connectivity index (χ3n) is 8.05. The predicted molar refractivity (Wildman–Crippen MR) is 172 cm³/mol. The monoisotopic (exact) mass is 522 g/mol. The summed E-state index contributed by atoms with van der Waals surface area (Å²) in [4.78, 5) is 4.67. The van der Waals surface area contributed by atoms with Crippen LogP contribution in [0.3, 0.4) is 0 Å². The maximum Gasteiger partial charge on any atom is 0.0780 e. The van der Waals surface area contributed by atoms with Gasteiger partial charge in [0.2, 0.25) is 0 Å². The third kappa shape index (κ3) is 3.92. The van der Waals surface area contributed by atoms with Crippen molar-refractivity contribution in [3.63, 3.8) is 0 Å². The highest BCUT2D eigenvalue weighted by Crippen LogP contribution is 2.40. The minimum absolute atomic E-state index is 1.03. The Balaban J connectivity index is 1.35. The van der Waals surface area contributed by atoms with Crippen molar-refractivity contribution in [2.24, 2.45) is 0 Å². The zero-order chi connectivity index (χ0) is 27.2. The van der Waals surface area contributed by atoms with Crippen molar-refractivity contribution in [3.05, 3.63) is 158 Å². The molecule has 0 N–H and O–H groups in total. The van der Waals surface area contributed by atoms with Crippen LogP contribution in [0.4, 0.5) is 0 Å². The number of benzene rings is 6. The summed E-state index contributed by atoms with van der Waals surface area (Å²) in [6.07, 6.45) is 1.87. The van der Waals surface area contributed by atoms with Gasteiger partial charge in [0.15, 0.2) is 0 Å². The van der Waals surface area contributed by atoms with E-state index in [1.165, 1.54) is 38.4 Å². The van der Waals surface area contributed by atoms with E-state index in [0.29, 0.717) is 0 Å². The molecule has 6 aromatic carbocycles. The molecule has 0 bridgehead atoms. The van der Waals surface area contributed by atoms with Crippen molar-refractivity contribution in [2.45, 2.75) is 0 Å². The van der Waals surface area contributed by atoms with E-state index in [2.05, 4.69) is 155 Å². The zero-order valence-corrected chi connectivity index (χ0v) is 22.4. The van der Waals surface area contributed by atoms with Crippen molar-refractivity contribution in [3.8, 4) is 39.3 Å². The van der Waals surface area contributed by atoms with Gasteiger partial charge in [0, 0.05) is 28.4 Å². The molecule has 2 heterocycles. The van der Waals surface area contributed by atoms with Crippen LogP contribution in [-0.2, 0) is 0 Å². The maximum absolute atomic E-state index is 4.67. The Morgan fingerprint density at radius 1 is 0.439 bits per heavy atom. The van der Waals surface area contributed by atoms with Gasteiger partial charge in [0.05, 0.1) is 16.9 Å². The van der Waals surface area contributed by atoms with Gasteiger partial charge < -0.3 is 4.57 Å². The topological polar surface area (TPSA) is 17.8 Å². The van der Waals surface area contributed by atoms with Crippen molar-refractivity contribution >= 4 is 32.4 Å². The first-order chi connectivity index (χ1) is 20.3. The first-order valence-corrected chi connectivity index (χ1v) is 14.0. The van der Waals surface area contributed by atoms with Crippen LogP contribution in [0.15, 0.2) is 158 Å². The lowest BCUT2D eigenvalue weighted by Crippen LogP contribution is -2.00. The Labute approximate surface area is 238 Å². The summed E-state index contributed by atoms with van der Waals surface area (Å²) < 4.78 is 2.41. The molecule has 41 heavy (non-hydrogen) atoms. The van der Waals surface area contributed by atoms with Gasteiger partial charge in [-0.1, -0.05) is 115 Å². The molecule has 0 amide bonds. The Morgan fingerprint density at radius 3 is 1.80 bits per heavy atom. The standard InChI is InChI=1S/C39H26N2/c1-2-14-32(15-3-1)41-36(28-21-19-27(20-22-28)35-18-8-12-29-13-9-25-40-39(29)35)23-24-37(41)38-33-16-6-4-10-30(33)26-31-11-5-7-17-34(31)38/h1-26H. The molecule has 0 atom stereocenters. The average Bonchev–Trinajstić information content (AvgIpc) is 3.48. The van der Waals surface area contributed by atoms with Gasteiger partial charge in [-0.3, -0.25) is 4.98 Å². The number of pyridine rings is 1. The fourth-order valence-electron chi connectivity index (χ4n) is 6.16. The van der Waals surface area contributed by atoms with Crippen molar-refractivity contribution in [1.29, 1.82) is 0 Å². The minimum atomic E-state index is 1.03. The maximum atomic E-state index is 4.67. The van der Waals surface area contributed by atoms with Crippen LogP contribution in [0.5, 0.6) is 0 Å². The Kier molecular flexibility index (Phi) is 5.49. The number of rotatable bonds is 4. The van der Waals surface area contributed by atoms with Gasteiger partial charge in [0.25, 0.3) is 0 Å². The van der Waals surface area contributed by atoms with E-state index < -0.39 is 0 Å². The van der Waals surface area contributed by atoms with Crippen molar-refractivity contribution in [2.75, 3.05) is 0 Å². The molecular formula is C39H26N2. The molecule has 2 heteroatoms. The highest BCUT2D eigenvalue weighted by atomic mass is 15.0. The van der Waals surface area contributed by atoms with Gasteiger partial charge in [0.1, 0.15) is 0 Å². The highest BCUT2D eigenvalue weighted by molar-refractivity contribution is 6.12. The van der Waals surface area contributed by atoms with Crippen molar-refractivity contribution < 1.29 is 0 Å². The second-order valence-electron chi connectivity index (χ2n) is 10.4. The van der Waals surface area contributed by atoms with E-state index in [-0.39, 0.29) is 0 Å². The number of nitrogens with zero attached hydrogens (tertiary/aromatic N) is 2. The van der Waals surface area contributed by atoms with Crippen LogP contribution in [0.1, 0.15) is 0 Å². The second kappa shape index (κ2) is 9.62. The largest absolute Gasteiger partial charge is 0.309 e. The fraction of sp³-hybridized carbons (Fsp3) is 0. The number of fused-ring (bicyclic) bond motifs is 3. The van der Waals surface area contributed by atoms with E-state index in [1.54, 1.807) is 0 Å². The van der Waals surface area contributed by atoms with E-state index >= 15 is 0 Å². The summed E-state index contributed by atoms with van der Waals surface area (Å²) in [5, 5.41) is 6.16. The van der Waals surface area contributed by atoms with Crippen molar-refractivity contribution in [1.82, 2.24) is 9.55 Å². The molecular weight excluding hydrogens is 496 g/mol. The lowest BCUT2D eigenvalue weighted by Gasteiger charge is -2.18. The molecule has 0 aliphatic rings. The molecule has 0 spiro atoms. The number of hydrogen-bond acceptors (Lipinski definition) is 1. The number of aromatic nitrogens is 2. The molecule has 192 valence electrons. The highest BCUT2D eigenvalue weighted by Gasteiger charge is 2.18. The van der Waals surface area contributed by atoms with E-state index in [0.717, 1.165) is 33.4 Å². The van der Waals surface area contributed by atoms with Gasteiger partial charge in [-0.25, -0.2) is 0 Å². The predicted octanol–water partition coefficient (Wildman–Crippen LogP) is 10.3. The number of para-hydroxylation sites is 2. The van der Waals surface area contributed by atoms with Gasteiger partial charge >= 0.3 is 0 Å². The van der Waals surface area contributed by atoms with E-state index in [4.69, 9.17) is 0 Å². The Morgan fingerprint density at radius 2 is 1.05 bits per heavy atom. The second-order valence-corrected chi connectivity index (χ2v) is 10.4. The normalized spacial score (nSPS) is 11.4. The van der Waals surface area contributed by atoms with Crippen LogP contribution in [0.25, 0.3) is 71.8 Å². The minimum Gasteiger partial charge on any atom is -0.309 e. The summed E-state index contributed by atoms with van der Waals surface area (Å²) in [5.74, 6) is 0. The Bertz CT molecular complexity index is 2130. The first kappa shape index (κ1) is 23.4. The van der Waals surface area contributed by atoms with E-state index in [9.17, 15) is 0 Å². The van der Waals surface area contributed by atoms with Crippen LogP contribution in [0, 0.1) is 0 Å². The molecule has 0 aliphatic carbocycles. The van der Waals surface area contributed by atoms with Crippen LogP contribution >= 0.6 is 0 Å². The molecule has 8 rings (SSSR count). The van der Waals surface area contributed by atoms with Gasteiger partial charge in [-0.2, -0.15) is 0 Å². The average molecular weight is 523 g/mol. The summed E-state index contributed by atoms with van der Waals surface area (Å²) in [5.41, 5.74) is 9.25. The van der Waals surface area contributed by atoms with Crippen LogP contribution in [0.2, 0.25) is 0 Å². The number of hydrogen-bond donors (Lipinski definition) is 0. The fourth-order valence-corrected chi connectivity index (χ4v) is 6.16. The van der Waals surface area contributed by atoms with Gasteiger partial charge in [-0.05, 0) is 69.1 Å². The SMILES string of the molecule is c1ccc(-n2c(-c3ccc(-c4cccc5cccnc45)cc3)ccc2-c2c3ccccc3cc3ccccc23)cc1. The van der Waals surface area contributed by atoms with E-state index in [1.807, 2.05) is 12.3 Å². The summed E-state index contributed by atoms with van der Waals surface area (Å²) in [6.45, 7) is 0. The first-order valence-electron chi connectivity index (χ1n) is 14.0. The summed E-state index contributed by atoms with van der Waals surface area (Å²) in [6, 6.07) is 54.3. The van der Waals surface area contributed by atoms with Crippen LogP contribution in [-0.4, -0.2) is 9.55 Å². The third-order valence-corrected chi connectivity index (χ3v) is 8.05. The van der Waals surface area contributed by atoms with Crippen LogP contribution < -0.4 is 0 Å². The quantitative estimate of drug-likeness (QED) is 0.210. The molecule has 0 saturated carbocycles. The molecule has 0 fully saturated rings. The summed E-state index contributed by atoms with van der Waals surface area (Å²) >= 11 is 0. The molecule has 0 radical (unpaired) electrons. The molecule has 2 nitrogen and oxygen atoms in total.